The zero-order valence-corrected chi connectivity index (χ0v) is 7.63. The summed E-state index contributed by atoms with van der Waals surface area (Å²) in [5.74, 6) is 0. The van der Waals surface area contributed by atoms with Gasteiger partial charge in [0.25, 0.3) is 5.56 Å². The first-order chi connectivity index (χ1) is 6.86. The third kappa shape index (κ3) is 1.88. The predicted molar refractivity (Wildman–Crippen MR) is 54.0 cm³/mol. The molecular formula is C11H10N2O. The molecule has 0 spiro atoms. The van der Waals surface area contributed by atoms with Gasteiger partial charge in [0.2, 0.25) is 0 Å². The Kier molecular flexibility index (Phi) is 2.40. The van der Waals surface area contributed by atoms with E-state index in [-0.39, 0.29) is 5.56 Å². The van der Waals surface area contributed by atoms with E-state index in [1.165, 1.54) is 0 Å². The summed E-state index contributed by atoms with van der Waals surface area (Å²) in [5, 5.41) is 0. The van der Waals surface area contributed by atoms with Crippen LogP contribution in [0.1, 0.15) is 5.56 Å². The Morgan fingerprint density at radius 1 is 1.14 bits per heavy atom. The van der Waals surface area contributed by atoms with Crippen LogP contribution in [0.4, 0.5) is 0 Å². The van der Waals surface area contributed by atoms with Gasteiger partial charge >= 0.3 is 0 Å². The Morgan fingerprint density at radius 2 is 1.93 bits per heavy atom. The molecule has 2 aromatic heterocycles. The van der Waals surface area contributed by atoms with Gasteiger partial charge in [-0.15, -0.1) is 0 Å². The minimum absolute atomic E-state index is 0.0179. The molecule has 70 valence electrons. The molecule has 0 aliphatic heterocycles. The second kappa shape index (κ2) is 3.87. The lowest BCUT2D eigenvalue weighted by Gasteiger charge is -2.03. The van der Waals surface area contributed by atoms with E-state index in [0.29, 0.717) is 6.54 Å². The Labute approximate surface area is 81.7 Å². The molecule has 0 aliphatic carbocycles. The first-order valence-corrected chi connectivity index (χ1v) is 4.40. The second-order valence-electron chi connectivity index (χ2n) is 3.02. The molecule has 0 bridgehead atoms. The van der Waals surface area contributed by atoms with Crippen molar-refractivity contribution in [3.8, 4) is 0 Å². The molecule has 0 atom stereocenters. The van der Waals surface area contributed by atoms with Crippen molar-refractivity contribution in [3.63, 3.8) is 0 Å². The number of hydrogen-bond donors (Lipinski definition) is 0. The predicted octanol–water partition coefficient (Wildman–Crippen LogP) is 1.29. The summed E-state index contributed by atoms with van der Waals surface area (Å²) in [6.07, 6.45) is 5.23. The van der Waals surface area contributed by atoms with Crippen LogP contribution < -0.4 is 5.56 Å². The van der Waals surface area contributed by atoms with E-state index in [1.54, 1.807) is 35.3 Å². The highest BCUT2D eigenvalue weighted by Crippen LogP contribution is 1.97. The van der Waals surface area contributed by atoms with Crippen LogP contribution in [0.15, 0.2) is 53.7 Å². The largest absolute Gasteiger partial charge is 0.311 e. The molecule has 2 rings (SSSR count). The van der Waals surface area contributed by atoms with Gasteiger partial charge < -0.3 is 4.57 Å². The van der Waals surface area contributed by atoms with Crippen LogP contribution in [0, 0.1) is 0 Å². The van der Waals surface area contributed by atoms with Crippen molar-refractivity contribution in [2.45, 2.75) is 6.54 Å². The Balaban J connectivity index is 2.28. The smallest absolute Gasteiger partial charge is 0.250 e. The first kappa shape index (κ1) is 8.69. The maximum Gasteiger partial charge on any atom is 0.250 e. The number of nitrogens with zero attached hydrogens (tertiary/aromatic N) is 2. The minimum atomic E-state index is 0.0179. The summed E-state index contributed by atoms with van der Waals surface area (Å²) in [6.45, 7) is 0.599. The first-order valence-electron chi connectivity index (χ1n) is 4.40. The molecule has 0 amide bonds. The lowest BCUT2D eigenvalue weighted by molar-refractivity contribution is 0.758. The molecule has 0 aliphatic rings. The third-order valence-electron chi connectivity index (χ3n) is 2.00. The quantitative estimate of drug-likeness (QED) is 0.708. The van der Waals surface area contributed by atoms with Crippen LogP contribution >= 0.6 is 0 Å². The molecule has 2 heterocycles. The van der Waals surface area contributed by atoms with E-state index in [4.69, 9.17) is 0 Å². The fourth-order valence-electron chi connectivity index (χ4n) is 1.28. The Hall–Kier alpha value is -1.90. The highest BCUT2D eigenvalue weighted by molar-refractivity contribution is 5.10. The Morgan fingerprint density at radius 3 is 2.64 bits per heavy atom. The number of aromatic nitrogens is 2. The van der Waals surface area contributed by atoms with Gasteiger partial charge in [-0.05, 0) is 23.8 Å². The van der Waals surface area contributed by atoms with Gasteiger partial charge in [0.15, 0.2) is 0 Å². The van der Waals surface area contributed by atoms with E-state index in [1.807, 2.05) is 18.2 Å². The van der Waals surface area contributed by atoms with Gasteiger partial charge in [-0.25, -0.2) is 0 Å². The molecule has 0 radical (unpaired) electrons. The molecule has 3 nitrogen and oxygen atoms in total. The second-order valence-corrected chi connectivity index (χ2v) is 3.02. The van der Waals surface area contributed by atoms with Gasteiger partial charge in [0.05, 0.1) is 6.54 Å². The van der Waals surface area contributed by atoms with Crippen LogP contribution in [0.5, 0.6) is 0 Å². The molecule has 3 heteroatoms. The zero-order valence-electron chi connectivity index (χ0n) is 7.63. The van der Waals surface area contributed by atoms with Gasteiger partial charge in [0, 0.05) is 24.7 Å². The standard InChI is InChI=1S/C11H10N2O/c14-11-3-1-2-8-13(11)9-10-4-6-12-7-5-10/h1-8H,9H2. The van der Waals surface area contributed by atoms with E-state index >= 15 is 0 Å². The van der Waals surface area contributed by atoms with Crippen molar-refractivity contribution >= 4 is 0 Å². The van der Waals surface area contributed by atoms with Crippen LogP contribution in [0.2, 0.25) is 0 Å². The summed E-state index contributed by atoms with van der Waals surface area (Å²) >= 11 is 0. The van der Waals surface area contributed by atoms with E-state index in [9.17, 15) is 4.79 Å². The summed E-state index contributed by atoms with van der Waals surface area (Å²) in [6, 6.07) is 8.95. The molecule has 0 saturated heterocycles. The van der Waals surface area contributed by atoms with Crippen molar-refractivity contribution < 1.29 is 0 Å². The third-order valence-corrected chi connectivity index (χ3v) is 2.00. The van der Waals surface area contributed by atoms with E-state index < -0.39 is 0 Å². The monoisotopic (exact) mass is 186 g/mol. The van der Waals surface area contributed by atoms with Crippen molar-refractivity contribution in [1.82, 2.24) is 9.55 Å². The average molecular weight is 186 g/mol. The van der Waals surface area contributed by atoms with Crippen LogP contribution in [-0.4, -0.2) is 9.55 Å². The number of hydrogen-bond acceptors (Lipinski definition) is 2. The number of rotatable bonds is 2. The minimum Gasteiger partial charge on any atom is -0.311 e. The van der Waals surface area contributed by atoms with E-state index in [0.717, 1.165) is 5.56 Å². The fourth-order valence-corrected chi connectivity index (χ4v) is 1.28. The lowest BCUT2D eigenvalue weighted by atomic mass is 10.2. The molecule has 0 unspecified atom stereocenters. The van der Waals surface area contributed by atoms with Gasteiger partial charge in [-0.3, -0.25) is 9.78 Å². The van der Waals surface area contributed by atoms with Crippen molar-refractivity contribution in [2.75, 3.05) is 0 Å². The maximum absolute atomic E-state index is 11.4. The van der Waals surface area contributed by atoms with Crippen molar-refractivity contribution in [1.29, 1.82) is 0 Å². The molecule has 2 aromatic rings. The molecule has 0 saturated carbocycles. The summed E-state index contributed by atoms with van der Waals surface area (Å²) < 4.78 is 1.66. The maximum atomic E-state index is 11.4. The van der Waals surface area contributed by atoms with Crippen LogP contribution in [0.25, 0.3) is 0 Å². The zero-order chi connectivity index (χ0) is 9.80. The summed E-state index contributed by atoms with van der Waals surface area (Å²) in [4.78, 5) is 15.3. The van der Waals surface area contributed by atoms with Gasteiger partial charge in [0.1, 0.15) is 0 Å². The van der Waals surface area contributed by atoms with Gasteiger partial charge in [-0.1, -0.05) is 6.07 Å². The Bertz CT molecular complexity index is 462. The summed E-state index contributed by atoms with van der Waals surface area (Å²) in [7, 11) is 0. The number of pyridine rings is 2. The topological polar surface area (TPSA) is 34.9 Å². The fraction of sp³-hybridized carbons (Fsp3) is 0.0909. The van der Waals surface area contributed by atoms with E-state index in [2.05, 4.69) is 4.98 Å². The highest BCUT2D eigenvalue weighted by Gasteiger charge is 1.94. The molecule has 0 N–H and O–H groups in total. The van der Waals surface area contributed by atoms with Crippen molar-refractivity contribution in [2.24, 2.45) is 0 Å². The molecule has 14 heavy (non-hydrogen) atoms. The van der Waals surface area contributed by atoms with Crippen LogP contribution in [0.3, 0.4) is 0 Å². The SMILES string of the molecule is O=c1ccccn1Cc1ccncc1. The van der Waals surface area contributed by atoms with Crippen LogP contribution in [-0.2, 0) is 6.54 Å². The highest BCUT2D eigenvalue weighted by atomic mass is 16.1. The summed E-state index contributed by atoms with van der Waals surface area (Å²) in [5.41, 5.74) is 1.10. The normalized spacial score (nSPS) is 10.0. The molecule has 0 fully saturated rings. The van der Waals surface area contributed by atoms with Gasteiger partial charge in [-0.2, -0.15) is 0 Å². The molecular weight excluding hydrogens is 176 g/mol. The van der Waals surface area contributed by atoms with Crippen molar-refractivity contribution in [3.05, 3.63) is 64.8 Å². The molecule has 0 aromatic carbocycles. The average Bonchev–Trinajstić information content (AvgIpc) is 2.23. The lowest BCUT2D eigenvalue weighted by Crippen LogP contribution is -2.18.